The largest absolute Gasteiger partial charge is 0.495 e. The van der Waals surface area contributed by atoms with E-state index in [1.165, 1.54) is 24.4 Å². The number of rotatable bonds is 11. The van der Waals surface area contributed by atoms with Crippen LogP contribution < -0.4 is 5.32 Å². The molecule has 3 rings (SSSR count). The summed E-state index contributed by atoms with van der Waals surface area (Å²) in [7, 11) is 1.54. The number of aromatic nitrogens is 1. The molecule has 1 aromatic carbocycles. The molecule has 1 fully saturated rings. The van der Waals surface area contributed by atoms with Crippen LogP contribution in [0.3, 0.4) is 0 Å². The number of methoxy groups -OCH3 is 1. The van der Waals surface area contributed by atoms with E-state index in [-0.39, 0.29) is 44.1 Å². The Labute approximate surface area is 219 Å². The van der Waals surface area contributed by atoms with Crippen LogP contribution in [0.2, 0.25) is 5.02 Å². The van der Waals surface area contributed by atoms with Crippen molar-refractivity contribution in [3.05, 3.63) is 88.8 Å². The van der Waals surface area contributed by atoms with E-state index in [1.807, 2.05) is 4.90 Å². The number of pyridine rings is 1. The minimum absolute atomic E-state index is 0.0536. The van der Waals surface area contributed by atoms with Gasteiger partial charge in [-0.2, -0.15) is 0 Å². The van der Waals surface area contributed by atoms with Crippen LogP contribution in [0.5, 0.6) is 0 Å². The monoisotopic (exact) mass is 529 g/mol. The van der Waals surface area contributed by atoms with E-state index in [1.54, 1.807) is 30.4 Å². The van der Waals surface area contributed by atoms with Gasteiger partial charge in [0.15, 0.2) is 5.88 Å². The van der Waals surface area contributed by atoms with Crippen LogP contribution in [-0.2, 0) is 22.7 Å². The number of aliphatic hydroxyl groups excluding tert-OH is 2. The minimum atomic E-state index is -0.440. The zero-order valence-corrected chi connectivity index (χ0v) is 21.1. The number of benzene rings is 1. The van der Waals surface area contributed by atoms with Crippen molar-refractivity contribution in [2.45, 2.75) is 19.2 Å². The van der Waals surface area contributed by atoms with Crippen LogP contribution >= 0.6 is 11.6 Å². The Kier molecular flexibility index (Phi) is 9.78. The molecule has 0 bridgehead atoms. The highest BCUT2D eigenvalue weighted by atomic mass is 35.5. The summed E-state index contributed by atoms with van der Waals surface area (Å²) < 4.78 is 19.2. The Morgan fingerprint density at radius 2 is 2.19 bits per heavy atom. The first-order chi connectivity index (χ1) is 17.8. The van der Waals surface area contributed by atoms with Crippen LogP contribution in [0.15, 0.2) is 61.3 Å². The quantitative estimate of drug-likeness (QED) is 0.199. The molecular formula is C26H29ClFN5O4. The Balaban J connectivity index is 1.86. The van der Waals surface area contributed by atoms with Crippen molar-refractivity contribution in [3.63, 3.8) is 0 Å². The summed E-state index contributed by atoms with van der Waals surface area (Å²) in [5.41, 5.74) is 2.29. The lowest BCUT2D eigenvalue weighted by atomic mass is 10.0. The van der Waals surface area contributed by atoms with E-state index in [2.05, 4.69) is 16.9 Å². The fourth-order valence-electron chi connectivity index (χ4n) is 4.04. The summed E-state index contributed by atoms with van der Waals surface area (Å²) in [6, 6.07) is 5.40. The summed E-state index contributed by atoms with van der Waals surface area (Å²) in [5.74, 6) is -0.585. The molecule has 0 spiro atoms. The first-order valence-electron chi connectivity index (χ1n) is 11.4. The fourth-order valence-corrected chi connectivity index (χ4v) is 4.25. The van der Waals surface area contributed by atoms with E-state index < -0.39 is 5.82 Å². The van der Waals surface area contributed by atoms with E-state index in [9.17, 15) is 19.4 Å². The number of amides is 1. The average molecular weight is 530 g/mol. The molecule has 1 atom stereocenters. The number of hydrogen-bond donors (Lipinski definition) is 4. The SMILES string of the molecule is C=C/C(=C\N1CC(=O)N(Cc2cc(F)ccc2CO)[C@@H](COC)C1)c1cc(N/C(O)=C/C=N)ncc1Cl. The lowest BCUT2D eigenvalue weighted by molar-refractivity contribution is -0.141. The van der Waals surface area contributed by atoms with Gasteiger partial charge < -0.3 is 35.5 Å². The maximum atomic E-state index is 13.9. The molecule has 0 saturated carbocycles. The molecule has 1 amide bonds. The van der Waals surface area contributed by atoms with Crippen molar-refractivity contribution in [3.8, 4) is 0 Å². The molecule has 0 unspecified atom stereocenters. The molecule has 37 heavy (non-hydrogen) atoms. The van der Waals surface area contributed by atoms with Gasteiger partial charge in [0, 0.05) is 50.5 Å². The van der Waals surface area contributed by atoms with Crippen molar-refractivity contribution >= 4 is 35.1 Å². The van der Waals surface area contributed by atoms with E-state index in [4.69, 9.17) is 21.7 Å². The van der Waals surface area contributed by atoms with Gasteiger partial charge in [0.2, 0.25) is 5.91 Å². The van der Waals surface area contributed by atoms with E-state index in [0.29, 0.717) is 39.6 Å². The van der Waals surface area contributed by atoms with Crippen molar-refractivity contribution in [2.75, 3.05) is 32.1 Å². The Morgan fingerprint density at radius 1 is 1.41 bits per heavy atom. The number of allylic oxidation sites excluding steroid dienone is 3. The average Bonchev–Trinajstić information content (AvgIpc) is 2.86. The maximum absolute atomic E-state index is 13.9. The molecule has 0 aliphatic carbocycles. The van der Waals surface area contributed by atoms with Crippen LogP contribution in [0.4, 0.5) is 10.2 Å². The molecular weight excluding hydrogens is 501 g/mol. The molecule has 4 N–H and O–H groups in total. The third kappa shape index (κ3) is 7.16. The highest BCUT2D eigenvalue weighted by molar-refractivity contribution is 6.32. The summed E-state index contributed by atoms with van der Waals surface area (Å²) >= 11 is 6.39. The van der Waals surface area contributed by atoms with Gasteiger partial charge in [-0.1, -0.05) is 30.3 Å². The molecule has 11 heteroatoms. The number of carbonyl (C=O) groups excluding carboxylic acids is 1. The highest BCUT2D eigenvalue weighted by Gasteiger charge is 2.32. The normalized spacial score (nSPS) is 16.6. The Hall–Kier alpha value is -3.73. The standard InChI is InChI=1S/C26H29ClFN5O4/c1-3-17(22-9-24(30-10-23(22)27)31-25(35)6-7-29)11-32-13-21(16-37-2)33(26(36)14-32)12-19-8-20(28)5-4-18(19)15-34/h3-11,21,29,34-35H,1,12-16H2,2H3,(H,30,31)/b17-11+,25-6-,29-7?/t21-/m1/s1. The summed E-state index contributed by atoms with van der Waals surface area (Å²) in [6.07, 6.45) is 6.88. The number of nitrogens with zero attached hydrogens (tertiary/aromatic N) is 3. The zero-order valence-electron chi connectivity index (χ0n) is 20.3. The van der Waals surface area contributed by atoms with Gasteiger partial charge in [-0.15, -0.1) is 0 Å². The molecule has 0 radical (unpaired) electrons. The van der Waals surface area contributed by atoms with Gasteiger partial charge >= 0.3 is 0 Å². The maximum Gasteiger partial charge on any atom is 0.242 e. The lowest BCUT2D eigenvalue weighted by Crippen LogP contribution is -2.56. The van der Waals surface area contributed by atoms with Crippen molar-refractivity contribution in [1.29, 1.82) is 5.41 Å². The molecule has 2 heterocycles. The van der Waals surface area contributed by atoms with Crippen molar-refractivity contribution < 1.29 is 24.1 Å². The molecule has 196 valence electrons. The third-order valence-corrected chi connectivity index (χ3v) is 6.09. The molecule has 1 aliphatic rings. The highest BCUT2D eigenvalue weighted by Crippen LogP contribution is 2.28. The second kappa shape index (κ2) is 13.0. The number of hydrogen-bond acceptors (Lipinski definition) is 8. The Bertz CT molecular complexity index is 1220. The van der Waals surface area contributed by atoms with Gasteiger partial charge in [0.25, 0.3) is 0 Å². The number of carbonyl (C=O) groups is 1. The predicted octanol–water partition coefficient (Wildman–Crippen LogP) is 3.71. The summed E-state index contributed by atoms with van der Waals surface area (Å²) in [4.78, 5) is 20.8. The van der Waals surface area contributed by atoms with Crippen LogP contribution in [0.25, 0.3) is 5.57 Å². The topological polar surface area (TPSA) is 122 Å². The minimum Gasteiger partial charge on any atom is -0.495 e. The molecule has 1 aromatic heterocycles. The first kappa shape index (κ1) is 27.9. The number of nitrogens with one attached hydrogen (secondary N) is 2. The summed E-state index contributed by atoms with van der Waals surface area (Å²) in [6.45, 7) is 4.49. The first-order valence-corrected chi connectivity index (χ1v) is 11.7. The smallest absolute Gasteiger partial charge is 0.242 e. The molecule has 9 nitrogen and oxygen atoms in total. The predicted molar refractivity (Wildman–Crippen MR) is 141 cm³/mol. The van der Waals surface area contributed by atoms with Gasteiger partial charge in [0.1, 0.15) is 11.6 Å². The summed E-state index contributed by atoms with van der Waals surface area (Å²) in [5, 5.41) is 29.5. The second-order valence-corrected chi connectivity index (χ2v) is 8.72. The van der Waals surface area contributed by atoms with Crippen LogP contribution in [0.1, 0.15) is 16.7 Å². The molecule has 1 saturated heterocycles. The molecule has 2 aromatic rings. The van der Waals surface area contributed by atoms with E-state index >= 15 is 0 Å². The lowest BCUT2D eigenvalue weighted by Gasteiger charge is -2.41. The molecule has 1 aliphatic heterocycles. The van der Waals surface area contributed by atoms with Crippen LogP contribution in [-0.4, -0.2) is 70.0 Å². The Morgan fingerprint density at radius 3 is 2.86 bits per heavy atom. The van der Waals surface area contributed by atoms with E-state index in [0.717, 1.165) is 12.3 Å². The number of ether oxygens (including phenoxy) is 1. The van der Waals surface area contributed by atoms with Crippen molar-refractivity contribution in [1.82, 2.24) is 14.8 Å². The number of piperazine rings is 1. The number of anilines is 1. The third-order valence-electron chi connectivity index (χ3n) is 5.79. The fraction of sp³-hybridized carbons (Fsp3) is 0.269. The van der Waals surface area contributed by atoms with Gasteiger partial charge in [-0.05, 0) is 34.9 Å². The van der Waals surface area contributed by atoms with Crippen molar-refractivity contribution in [2.24, 2.45) is 0 Å². The van der Waals surface area contributed by atoms with Gasteiger partial charge in [-0.25, -0.2) is 9.37 Å². The zero-order chi connectivity index (χ0) is 26.9. The van der Waals surface area contributed by atoms with Crippen LogP contribution in [0, 0.1) is 11.2 Å². The second-order valence-electron chi connectivity index (χ2n) is 8.31. The number of aliphatic hydroxyl groups is 2. The van der Waals surface area contributed by atoms with Gasteiger partial charge in [0.05, 0.1) is 30.8 Å². The van der Waals surface area contributed by atoms with Gasteiger partial charge in [-0.3, -0.25) is 4.79 Å². The number of halogens is 2.